The Kier molecular flexibility index (Phi) is 10.7. The molecule has 10 nitrogen and oxygen atoms in total. The number of hydrogen-bond acceptors (Lipinski definition) is 8. The molecule has 2 N–H and O–H groups in total. The highest BCUT2D eigenvalue weighted by molar-refractivity contribution is 9.11. The van der Waals surface area contributed by atoms with Crippen molar-refractivity contribution in [2.45, 2.75) is 6.92 Å². The van der Waals surface area contributed by atoms with Gasteiger partial charge in [0.2, 0.25) is 5.75 Å². The number of ether oxygens (including phenoxy) is 4. The van der Waals surface area contributed by atoms with Gasteiger partial charge in [-0.15, -0.1) is 0 Å². The number of halogens is 2. The molecule has 0 fully saturated rings. The zero-order valence-corrected chi connectivity index (χ0v) is 27.2. The fraction of sp³-hybridized carbons (Fsp3) is 0.125. The van der Waals surface area contributed by atoms with E-state index in [4.69, 9.17) is 18.9 Å². The highest BCUT2D eigenvalue weighted by atomic mass is 79.9. The number of amides is 2. The van der Waals surface area contributed by atoms with E-state index >= 15 is 0 Å². The highest BCUT2D eigenvalue weighted by Gasteiger charge is 2.21. The van der Waals surface area contributed by atoms with E-state index in [0.717, 1.165) is 5.56 Å². The number of anilines is 1. The van der Waals surface area contributed by atoms with Crippen LogP contribution in [0.1, 0.15) is 42.2 Å². The van der Waals surface area contributed by atoms with E-state index in [2.05, 4.69) is 47.7 Å². The summed E-state index contributed by atoms with van der Waals surface area (Å²) >= 11 is 6.84. The first kappa shape index (κ1) is 32.2. The second kappa shape index (κ2) is 14.7. The number of methoxy groups -OCH3 is 3. The third-order valence-electron chi connectivity index (χ3n) is 6.16. The third kappa shape index (κ3) is 7.82. The minimum atomic E-state index is -0.699. The lowest BCUT2D eigenvalue weighted by Crippen LogP contribution is -2.18. The molecule has 0 bridgehead atoms. The zero-order valence-electron chi connectivity index (χ0n) is 24.1. The molecule has 0 spiro atoms. The van der Waals surface area contributed by atoms with Gasteiger partial charge in [-0.05, 0) is 77.5 Å². The number of rotatable bonds is 10. The lowest BCUT2D eigenvalue weighted by molar-refractivity contribution is 0.0731. The summed E-state index contributed by atoms with van der Waals surface area (Å²) in [4.78, 5) is 38.7. The molecule has 0 atom stereocenters. The molecule has 12 heteroatoms. The Morgan fingerprint density at radius 2 is 1.41 bits per heavy atom. The normalized spacial score (nSPS) is 10.7. The van der Waals surface area contributed by atoms with Crippen LogP contribution in [0.15, 0.2) is 86.8 Å². The summed E-state index contributed by atoms with van der Waals surface area (Å²) in [7, 11) is 4.35. The van der Waals surface area contributed by atoms with Gasteiger partial charge < -0.3 is 24.3 Å². The Labute approximate surface area is 270 Å². The van der Waals surface area contributed by atoms with Crippen LogP contribution < -0.4 is 29.7 Å². The molecule has 4 aromatic rings. The molecular formula is C32H27Br2N3O7. The number of nitrogens with one attached hydrogen (secondary N) is 2. The van der Waals surface area contributed by atoms with Crippen LogP contribution in [0.2, 0.25) is 0 Å². The van der Waals surface area contributed by atoms with Crippen LogP contribution >= 0.6 is 31.9 Å². The average molecular weight is 725 g/mol. The maximum Gasteiger partial charge on any atom is 0.343 e. The third-order valence-corrected chi connectivity index (χ3v) is 7.21. The van der Waals surface area contributed by atoms with Gasteiger partial charge in [0, 0.05) is 26.9 Å². The zero-order chi connectivity index (χ0) is 31.8. The van der Waals surface area contributed by atoms with Gasteiger partial charge in [0.25, 0.3) is 11.8 Å². The lowest BCUT2D eigenvalue weighted by Gasteiger charge is -2.15. The molecular weight excluding hydrogens is 698 g/mol. The number of esters is 1. The van der Waals surface area contributed by atoms with Crippen LogP contribution in [0.25, 0.3) is 0 Å². The lowest BCUT2D eigenvalue weighted by atomic mass is 10.1. The average Bonchev–Trinajstić information content (AvgIpc) is 3.01. The first-order valence-corrected chi connectivity index (χ1v) is 14.5. The monoisotopic (exact) mass is 723 g/mol. The molecule has 0 saturated heterocycles. The smallest absolute Gasteiger partial charge is 0.343 e. The molecule has 0 aromatic heterocycles. The van der Waals surface area contributed by atoms with Crippen molar-refractivity contribution in [3.8, 4) is 23.0 Å². The van der Waals surface area contributed by atoms with Crippen molar-refractivity contribution in [3.05, 3.63) is 110 Å². The van der Waals surface area contributed by atoms with Crippen molar-refractivity contribution in [1.82, 2.24) is 5.43 Å². The molecule has 0 heterocycles. The summed E-state index contributed by atoms with van der Waals surface area (Å²) in [5.41, 5.74) is 5.18. The van der Waals surface area contributed by atoms with E-state index in [0.29, 0.717) is 31.5 Å². The fourth-order valence-electron chi connectivity index (χ4n) is 4.09. The Hall–Kier alpha value is -4.68. The van der Waals surface area contributed by atoms with Crippen molar-refractivity contribution < 1.29 is 33.3 Å². The quantitative estimate of drug-likeness (QED) is 0.0800. The molecule has 0 saturated carbocycles. The molecule has 2 amide bonds. The van der Waals surface area contributed by atoms with Crippen molar-refractivity contribution >= 4 is 61.5 Å². The minimum absolute atomic E-state index is 0.153. The standard InChI is InChI=1S/C32H27Br2N3O7/c1-18-7-5-8-19(11-18)30(38)36-24-10-6-9-20(13-24)31(39)37-35-17-22-12-23(33)16-25(34)28(22)44-32(40)21-14-26(41-2)29(43-4)27(15-21)42-3/h5-17H,1-4H3,(H,36,38)(H,37,39). The predicted octanol–water partition coefficient (Wildman–Crippen LogP) is 6.78. The summed E-state index contributed by atoms with van der Waals surface area (Å²) < 4.78 is 22.8. The molecule has 4 rings (SSSR count). The van der Waals surface area contributed by atoms with Crippen molar-refractivity contribution in [1.29, 1.82) is 0 Å². The molecule has 0 aliphatic rings. The number of hydrogen-bond donors (Lipinski definition) is 2. The Balaban J connectivity index is 1.50. The number of nitrogens with zero attached hydrogens (tertiary/aromatic N) is 1. The number of hydrazone groups is 1. The second-order valence-electron chi connectivity index (χ2n) is 9.21. The first-order valence-electron chi connectivity index (χ1n) is 13.0. The summed E-state index contributed by atoms with van der Waals surface area (Å²) in [6.07, 6.45) is 1.34. The maximum atomic E-state index is 13.2. The van der Waals surface area contributed by atoms with Crippen LogP contribution in [0.5, 0.6) is 23.0 Å². The van der Waals surface area contributed by atoms with Crippen LogP contribution in [-0.4, -0.2) is 45.3 Å². The van der Waals surface area contributed by atoms with Crippen LogP contribution in [0.3, 0.4) is 0 Å². The molecule has 0 unspecified atom stereocenters. The Bertz CT molecular complexity index is 1730. The van der Waals surface area contributed by atoms with Gasteiger partial charge in [-0.3, -0.25) is 9.59 Å². The fourth-order valence-corrected chi connectivity index (χ4v) is 5.43. The maximum absolute atomic E-state index is 13.2. The SMILES string of the molecule is COc1cc(C(=O)Oc2c(Br)cc(Br)cc2C=NNC(=O)c2cccc(NC(=O)c3cccc(C)c3)c2)cc(OC)c1OC. The van der Waals surface area contributed by atoms with Gasteiger partial charge in [0.15, 0.2) is 17.2 Å². The number of carbonyl (C=O) groups excluding carboxylic acids is 3. The summed E-state index contributed by atoms with van der Waals surface area (Å²) in [5.74, 6) is -0.439. The van der Waals surface area contributed by atoms with E-state index in [-0.39, 0.29) is 34.3 Å². The van der Waals surface area contributed by atoms with E-state index in [1.807, 2.05) is 13.0 Å². The number of carbonyl (C=O) groups is 3. The van der Waals surface area contributed by atoms with Crippen molar-refractivity contribution in [3.63, 3.8) is 0 Å². The minimum Gasteiger partial charge on any atom is -0.493 e. The summed E-state index contributed by atoms with van der Waals surface area (Å²) in [6.45, 7) is 1.90. The van der Waals surface area contributed by atoms with Gasteiger partial charge in [-0.2, -0.15) is 5.10 Å². The molecule has 44 heavy (non-hydrogen) atoms. The summed E-state index contributed by atoms with van der Waals surface area (Å²) in [5, 5.41) is 6.86. The van der Waals surface area contributed by atoms with Gasteiger partial charge in [0.05, 0.1) is 37.6 Å². The molecule has 0 radical (unpaired) electrons. The van der Waals surface area contributed by atoms with Gasteiger partial charge in [0.1, 0.15) is 0 Å². The van der Waals surface area contributed by atoms with Crippen molar-refractivity contribution in [2.75, 3.05) is 26.6 Å². The topological polar surface area (TPSA) is 125 Å². The van der Waals surface area contributed by atoms with Crippen LogP contribution in [-0.2, 0) is 0 Å². The van der Waals surface area contributed by atoms with Gasteiger partial charge in [-0.1, -0.05) is 39.7 Å². The molecule has 226 valence electrons. The largest absolute Gasteiger partial charge is 0.493 e. The predicted molar refractivity (Wildman–Crippen MR) is 174 cm³/mol. The molecule has 4 aromatic carbocycles. The summed E-state index contributed by atoms with van der Waals surface area (Å²) in [6, 6.07) is 20.0. The Morgan fingerprint density at radius 3 is 2.05 bits per heavy atom. The Morgan fingerprint density at radius 1 is 0.750 bits per heavy atom. The van der Waals surface area contributed by atoms with Gasteiger partial charge >= 0.3 is 5.97 Å². The molecule has 0 aliphatic heterocycles. The van der Waals surface area contributed by atoms with E-state index in [9.17, 15) is 14.4 Å². The van der Waals surface area contributed by atoms with E-state index < -0.39 is 11.9 Å². The van der Waals surface area contributed by atoms with Crippen LogP contribution in [0, 0.1) is 6.92 Å². The number of aryl methyl sites for hydroxylation is 1. The van der Waals surface area contributed by atoms with Gasteiger partial charge in [-0.25, -0.2) is 10.2 Å². The number of benzene rings is 4. The first-order chi connectivity index (χ1) is 21.1. The van der Waals surface area contributed by atoms with E-state index in [1.165, 1.54) is 39.7 Å². The second-order valence-corrected chi connectivity index (χ2v) is 11.0. The molecule has 0 aliphatic carbocycles. The van der Waals surface area contributed by atoms with E-state index in [1.54, 1.807) is 54.6 Å². The highest BCUT2D eigenvalue weighted by Crippen LogP contribution is 2.39. The van der Waals surface area contributed by atoms with Crippen LogP contribution in [0.4, 0.5) is 5.69 Å². The van der Waals surface area contributed by atoms with Crippen molar-refractivity contribution in [2.24, 2.45) is 5.10 Å².